The van der Waals surface area contributed by atoms with Crippen molar-refractivity contribution in [3.63, 3.8) is 0 Å². The fourth-order valence-electron chi connectivity index (χ4n) is 2.74. The molecule has 0 fully saturated rings. The van der Waals surface area contributed by atoms with Crippen LogP contribution in [0.1, 0.15) is 5.56 Å². The molecule has 2 aromatic heterocycles. The number of hydrogen-bond acceptors (Lipinski definition) is 2. The number of aryl methyl sites for hydroxylation is 1. The third-order valence-corrected chi connectivity index (χ3v) is 3.77. The van der Waals surface area contributed by atoms with E-state index in [0.29, 0.717) is 16.9 Å². The molecule has 0 radical (unpaired) electrons. The molecule has 0 aliphatic heterocycles. The van der Waals surface area contributed by atoms with Crippen LogP contribution in [0.4, 0.5) is 0 Å². The quantitative estimate of drug-likeness (QED) is 0.525. The van der Waals surface area contributed by atoms with Crippen LogP contribution < -0.4 is 5.43 Å². The Hall–Kier alpha value is -2.81. The van der Waals surface area contributed by atoms with Crippen molar-refractivity contribution in [2.24, 2.45) is 0 Å². The van der Waals surface area contributed by atoms with Gasteiger partial charge < -0.3 is 4.42 Å². The van der Waals surface area contributed by atoms with Gasteiger partial charge in [-0.25, -0.2) is 0 Å². The average molecular weight is 275 g/mol. The number of nitrogens with zero attached hydrogens (tertiary/aromatic N) is 1. The summed E-state index contributed by atoms with van der Waals surface area (Å²) in [5, 5.41) is 1.77. The molecule has 4 aromatic rings. The maximum atomic E-state index is 12.2. The van der Waals surface area contributed by atoms with Crippen LogP contribution in [0.5, 0.6) is 0 Å². The van der Waals surface area contributed by atoms with Crippen LogP contribution in [0.3, 0.4) is 0 Å². The number of para-hydroxylation sites is 2. The van der Waals surface area contributed by atoms with E-state index in [2.05, 4.69) is 13.0 Å². The van der Waals surface area contributed by atoms with Gasteiger partial charge in [-0.2, -0.15) is 0 Å². The van der Waals surface area contributed by atoms with E-state index >= 15 is 0 Å². The van der Waals surface area contributed by atoms with E-state index in [1.54, 1.807) is 12.1 Å². The minimum absolute atomic E-state index is 0.0257. The molecular weight excluding hydrogens is 262 g/mol. The summed E-state index contributed by atoms with van der Waals surface area (Å²) >= 11 is 0. The van der Waals surface area contributed by atoms with Gasteiger partial charge in [0.2, 0.25) is 5.88 Å². The first-order valence-electron chi connectivity index (χ1n) is 6.84. The van der Waals surface area contributed by atoms with Gasteiger partial charge in [0.05, 0.1) is 10.9 Å². The summed E-state index contributed by atoms with van der Waals surface area (Å²) in [5.74, 6) is 0.544. The third-order valence-electron chi connectivity index (χ3n) is 3.77. The molecule has 0 spiro atoms. The van der Waals surface area contributed by atoms with Gasteiger partial charge in [0, 0.05) is 17.6 Å². The zero-order valence-corrected chi connectivity index (χ0v) is 11.5. The average Bonchev–Trinajstić information content (AvgIpc) is 2.85. The molecule has 0 aliphatic rings. The van der Waals surface area contributed by atoms with Crippen molar-refractivity contribution in [2.45, 2.75) is 6.92 Å². The number of fused-ring (bicyclic) bond motifs is 2. The molecule has 0 saturated carbocycles. The lowest BCUT2D eigenvalue weighted by Gasteiger charge is -2.05. The molecule has 0 atom stereocenters. The molecule has 3 nitrogen and oxygen atoms in total. The van der Waals surface area contributed by atoms with Gasteiger partial charge in [0.25, 0.3) is 0 Å². The van der Waals surface area contributed by atoms with Crippen molar-refractivity contribution >= 4 is 21.9 Å². The number of rotatable bonds is 1. The third kappa shape index (κ3) is 1.78. The summed E-state index contributed by atoms with van der Waals surface area (Å²) in [6, 6.07) is 16.9. The molecule has 0 bridgehead atoms. The lowest BCUT2D eigenvalue weighted by Crippen LogP contribution is -2.03. The van der Waals surface area contributed by atoms with Gasteiger partial charge in [-0.05, 0) is 30.7 Å². The molecule has 2 heterocycles. The van der Waals surface area contributed by atoms with Crippen molar-refractivity contribution in [3.8, 4) is 5.88 Å². The Bertz CT molecular complexity index is 1020. The largest absolute Gasteiger partial charge is 0.440 e. The Kier molecular flexibility index (Phi) is 2.48. The van der Waals surface area contributed by atoms with Crippen molar-refractivity contribution in [2.75, 3.05) is 0 Å². The standard InChI is InChI=1S/C18H13NO2/c1-12-11-19(15-8-4-2-6-13(12)15)18-10-16(20)14-7-3-5-9-17(14)21-18/h2-11H,1H3. The normalized spacial score (nSPS) is 11.3. The van der Waals surface area contributed by atoms with Crippen LogP contribution in [-0.4, -0.2) is 4.57 Å². The first-order chi connectivity index (χ1) is 10.2. The number of hydrogen-bond donors (Lipinski definition) is 0. The van der Waals surface area contributed by atoms with E-state index in [1.807, 2.05) is 47.2 Å². The molecule has 3 heteroatoms. The second-order valence-electron chi connectivity index (χ2n) is 5.14. The summed E-state index contributed by atoms with van der Waals surface area (Å²) in [6.07, 6.45) is 2.00. The lowest BCUT2D eigenvalue weighted by atomic mass is 10.2. The van der Waals surface area contributed by atoms with Crippen molar-refractivity contribution in [3.05, 3.63) is 76.6 Å². The molecule has 0 saturated heterocycles. The van der Waals surface area contributed by atoms with Crippen LogP contribution in [-0.2, 0) is 0 Å². The lowest BCUT2D eigenvalue weighted by molar-refractivity contribution is 0.572. The highest BCUT2D eigenvalue weighted by atomic mass is 16.3. The van der Waals surface area contributed by atoms with Crippen molar-refractivity contribution in [1.82, 2.24) is 4.57 Å². The van der Waals surface area contributed by atoms with E-state index in [9.17, 15) is 4.79 Å². The van der Waals surface area contributed by atoms with Gasteiger partial charge in [0.15, 0.2) is 5.43 Å². The Morgan fingerprint density at radius 2 is 1.67 bits per heavy atom. The Balaban J connectivity index is 2.07. The topological polar surface area (TPSA) is 35.1 Å². The van der Waals surface area contributed by atoms with Crippen LogP contribution in [0.25, 0.3) is 27.8 Å². The number of aromatic nitrogens is 1. The summed E-state index contributed by atoms with van der Waals surface area (Å²) in [5.41, 5.74) is 2.77. The molecular formula is C18H13NO2. The second kappa shape index (κ2) is 4.35. The van der Waals surface area contributed by atoms with Crippen LogP contribution >= 0.6 is 0 Å². The molecule has 0 aliphatic carbocycles. The van der Waals surface area contributed by atoms with Gasteiger partial charge >= 0.3 is 0 Å². The van der Waals surface area contributed by atoms with E-state index in [0.717, 1.165) is 16.5 Å². The predicted octanol–water partition coefficient (Wildman–Crippen LogP) is 4.05. The molecule has 21 heavy (non-hydrogen) atoms. The molecule has 0 unspecified atom stereocenters. The zero-order chi connectivity index (χ0) is 14.4. The zero-order valence-electron chi connectivity index (χ0n) is 11.5. The van der Waals surface area contributed by atoms with Gasteiger partial charge in [-0.1, -0.05) is 30.3 Å². The van der Waals surface area contributed by atoms with E-state index < -0.39 is 0 Å². The maximum Gasteiger partial charge on any atom is 0.208 e. The summed E-state index contributed by atoms with van der Waals surface area (Å²) in [4.78, 5) is 12.2. The van der Waals surface area contributed by atoms with Gasteiger partial charge in [-0.3, -0.25) is 9.36 Å². The fraction of sp³-hybridized carbons (Fsp3) is 0.0556. The van der Waals surface area contributed by atoms with Crippen LogP contribution in [0.15, 0.2) is 70.0 Å². The highest BCUT2D eigenvalue weighted by molar-refractivity contribution is 5.85. The summed E-state index contributed by atoms with van der Waals surface area (Å²) in [7, 11) is 0. The van der Waals surface area contributed by atoms with Crippen LogP contribution in [0, 0.1) is 6.92 Å². The van der Waals surface area contributed by atoms with Crippen molar-refractivity contribution < 1.29 is 4.42 Å². The summed E-state index contributed by atoms with van der Waals surface area (Å²) in [6.45, 7) is 2.05. The fourth-order valence-corrected chi connectivity index (χ4v) is 2.74. The monoisotopic (exact) mass is 275 g/mol. The van der Waals surface area contributed by atoms with Crippen molar-refractivity contribution in [1.29, 1.82) is 0 Å². The predicted molar refractivity (Wildman–Crippen MR) is 84.1 cm³/mol. The van der Waals surface area contributed by atoms with E-state index in [1.165, 1.54) is 0 Å². The van der Waals surface area contributed by atoms with E-state index in [-0.39, 0.29) is 5.43 Å². The van der Waals surface area contributed by atoms with Gasteiger partial charge in [0.1, 0.15) is 5.58 Å². The van der Waals surface area contributed by atoms with E-state index in [4.69, 9.17) is 4.42 Å². The second-order valence-corrected chi connectivity index (χ2v) is 5.14. The molecule has 4 rings (SSSR count). The highest BCUT2D eigenvalue weighted by Crippen LogP contribution is 2.25. The van der Waals surface area contributed by atoms with Crippen LogP contribution in [0.2, 0.25) is 0 Å². The number of benzene rings is 2. The smallest absolute Gasteiger partial charge is 0.208 e. The molecule has 0 amide bonds. The Labute approximate surface area is 121 Å². The Morgan fingerprint density at radius 3 is 2.52 bits per heavy atom. The minimum Gasteiger partial charge on any atom is -0.440 e. The maximum absolute atomic E-state index is 12.2. The molecule has 2 aromatic carbocycles. The van der Waals surface area contributed by atoms with Gasteiger partial charge in [-0.15, -0.1) is 0 Å². The molecule has 0 N–H and O–H groups in total. The first-order valence-corrected chi connectivity index (χ1v) is 6.84. The summed E-state index contributed by atoms with van der Waals surface area (Å²) < 4.78 is 7.84. The highest BCUT2D eigenvalue weighted by Gasteiger charge is 2.10. The Morgan fingerprint density at radius 1 is 0.952 bits per heavy atom. The first kappa shape index (κ1) is 12.0. The minimum atomic E-state index is -0.0257. The SMILES string of the molecule is Cc1cn(-c2cc(=O)c3ccccc3o2)c2ccccc12. The molecule has 102 valence electrons.